The molecule has 2 aromatic carbocycles. The van der Waals surface area contributed by atoms with Gasteiger partial charge in [-0.15, -0.1) is 0 Å². The van der Waals surface area contributed by atoms with E-state index in [0.29, 0.717) is 18.9 Å². The summed E-state index contributed by atoms with van der Waals surface area (Å²) < 4.78 is 70.6. The number of likely N-dealkylation sites (tertiary alicyclic amines) is 1. The summed E-state index contributed by atoms with van der Waals surface area (Å²) in [7, 11) is -3.69. The number of aliphatic carboxylic acids is 1. The minimum absolute atomic E-state index is 0.00601. The molecule has 2 N–H and O–H groups in total. The van der Waals surface area contributed by atoms with E-state index in [4.69, 9.17) is 0 Å². The van der Waals surface area contributed by atoms with Gasteiger partial charge in [0.2, 0.25) is 10.0 Å². The average molecular weight is 551 g/mol. The van der Waals surface area contributed by atoms with Crippen molar-refractivity contribution in [1.82, 2.24) is 9.62 Å². The summed E-state index contributed by atoms with van der Waals surface area (Å²) >= 11 is 0. The zero-order chi connectivity index (χ0) is 28.0. The number of carboxylic acid groups (broad SMARTS) is 1. The third-order valence-electron chi connectivity index (χ3n) is 7.26. The van der Waals surface area contributed by atoms with Gasteiger partial charge in [0.1, 0.15) is 29.1 Å². The fourth-order valence-corrected chi connectivity index (χ4v) is 6.42. The van der Waals surface area contributed by atoms with Crippen LogP contribution in [0.25, 0.3) is 11.1 Å². The molecule has 2 aromatic rings. The first-order chi connectivity index (χ1) is 17.7. The maximum atomic E-state index is 15.8. The molecule has 0 spiro atoms. The van der Waals surface area contributed by atoms with E-state index in [1.165, 1.54) is 18.2 Å². The molecule has 1 saturated carbocycles. The standard InChI is InChI=1S/C27H29F3N2O5S/c1-27(2,13-25(34)35)24(14-33)32-22-11-17(22)9-21(31-38(3,36)37)23(32)10-15-5-4-6-20(26(15)30)16-7-18(28)12-19(29)8-16/h4-8,12,17,21-23,31H,9-11,13H2,1-3H3,(H,34,35). The molecule has 4 rings (SSSR count). The summed E-state index contributed by atoms with van der Waals surface area (Å²) in [6.07, 6.45) is 1.72. The molecule has 38 heavy (non-hydrogen) atoms. The number of carbonyl (C=O) groups is 1. The summed E-state index contributed by atoms with van der Waals surface area (Å²) in [5.74, 6) is -1.58. The quantitative estimate of drug-likeness (QED) is 0.459. The molecule has 204 valence electrons. The number of allylic oxidation sites excluding steroid dienone is 1. The Hall–Kier alpha value is -3.14. The fraction of sp³-hybridized carbons (Fsp3) is 0.444. The van der Waals surface area contributed by atoms with Crippen molar-refractivity contribution in [3.63, 3.8) is 0 Å². The van der Waals surface area contributed by atoms with Crippen LogP contribution in [0.3, 0.4) is 0 Å². The van der Waals surface area contributed by atoms with Crippen LogP contribution in [-0.2, 0) is 26.0 Å². The third-order valence-corrected chi connectivity index (χ3v) is 7.99. The molecular formula is C27H29F3N2O5S. The van der Waals surface area contributed by atoms with Gasteiger partial charge < -0.3 is 10.0 Å². The predicted molar refractivity (Wildman–Crippen MR) is 135 cm³/mol. The Labute approximate surface area is 219 Å². The first-order valence-corrected chi connectivity index (χ1v) is 14.1. The molecule has 1 heterocycles. The highest BCUT2D eigenvalue weighted by Gasteiger charge is 2.55. The molecule has 0 radical (unpaired) electrons. The summed E-state index contributed by atoms with van der Waals surface area (Å²) in [6, 6.07) is 5.55. The van der Waals surface area contributed by atoms with Crippen molar-refractivity contribution in [1.29, 1.82) is 0 Å². The normalized spacial score (nSPS) is 22.9. The number of carbonyl (C=O) groups excluding carboxylic acids is 1. The molecule has 0 amide bonds. The van der Waals surface area contributed by atoms with Gasteiger partial charge in [0.25, 0.3) is 0 Å². The highest BCUT2D eigenvalue weighted by atomic mass is 32.2. The number of piperidine rings is 1. The second-order valence-electron chi connectivity index (χ2n) is 10.8. The number of fused-ring (bicyclic) bond motifs is 1. The molecule has 4 atom stereocenters. The van der Waals surface area contributed by atoms with Gasteiger partial charge in [-0.3, -0.25) is 4.79 Å². The average Bonchev–Trinajstić information content (AvgIpc) is 3.53. The van der Waals surface area contributed by atoms with Crippen molar-refractivity contribution in [2.45, 2.75) is 57.7 Å². The van der Waals surface area contributed by atoms with Crippen LogP contribution in [0.2, 0.25) is 0 Å². The van der Waals surface area contributed by atoms with E-state index in [0.717, 1.165) is 18.4 Å². The molecular weight excluding hydrogens is 521 g/mol. The Kier molecular flexibility index (Phi) is 7.49. The summed E-state index contributed by atoms with van der Waals surface area (Å²) in [5.41, 5.74) is -0.918. The first-order valence-electron chi connectivity index (χ1n) is 12.2. The van der Waals surface area contributed by atoms with Crippen LogP contribution in [0.5, 0.6) is 0 Å². The number of nitrogens with zero attached hydrogens (tertiary/aromatic N) is 1. The van der Waals surface area contributed by atoms with Crippen LogP contribution in [0.15, 0.2) is 42.1 Å². The fourth-order valence-electron chi connectivity index (χ4n) is 5.62. The number of halogens is 3. The lowest BCUT2D eigenvalue weighted by atomic mass is 9.81. The van der Waals surface area contributed by atoms with Gasteiger partial charge in [-0.1, -0.05) is 32.0 Å². The molecule has 2 fully saturated rings. The van der Waals surface area contributed by atoms with E-state index in [1.807, 2.05) is 5.94 Å². The monoisotopic (exact) mass is 550 g/mol. The number of sulfonamides is 1. The van der Waals surface area contributed by atoms with Crippen molar-refractivity contribution >= 4 is 21.9 Å². The van der Waals surface area contributed by atoms with E-state index in [-0.39, 0.29) is 47.2 Å². The van der Waals surface area contributed by atoms with E-state index in [1.54, 1.807) is 18.7 Å². The molecule has 2 aliphatic rings. The van der Waals surface area contributed by atoms with Crippen LogP contribution in [0, 0.1) is 28.8 Å². The summed E-state index contributed by atoms with van der Waals surface area (Å²) in [5, 5.41) is 9.43. The van der Waals surface area contributed by atoms with Gasteiger partial charge in [0.15, 0.2) is 0 Å². The van der Waals surface area contributed by atoms with Gasteiger partial charge in [0.05, 0.1) is 18.7 Å². The van der Waals surface area contributed by atoms with Crippen LogP contribution < -0.4 is 4.72 Å². The largest absolute Gasteiger partial charge is 0.481 e. The van der Waals surface area contributed by atoms with Crippen molar-refractivity contribution in [2.24, 2.45) is 11.3 Å². The first kappa shape index (κ1) is 27.9. The summed E-state index contributed by atoms with van der Waals surface area (Å²) in [4.78, 5) is 25.5. The van der Waals surface area contributed by atoms with E-state index >= 15 is 4.39 Å². The second-order valence-corrected chi connectivity index (χ2v) is 12.6. The van der Waals surface area contributed by atoms with E-state index in [2.05, 4.69) is 4.72 Å². The molecule has 0 aromatic heterocycles. The predicted octanol–water partition coefficient (Wildman–Crippen LogP) is 3.91. The number of hydrogen-bond acceptors (Lipinski definition) is 5. The molecule has 1 saturated heterocycles. The van der Waals surface area contributed by atoms with Gasteiger partial charge in [-0.2, -0.15) is 0 Å². The van der Waals surface area contributed by atoms with Crippen molar-refractivity contribution in [3.05, 3.63) is 65.1 Å². The van der Waals surface area contributed by atoms with Crippen LogP contribution in [-0.4, -0.2) is 54.7 Å². The molecule has 0 bridgehead atoms. The molecule has 7 nitrogen and oxygen atoms in total. The Morgan fingerprint density at radius 1 is 1.16 bits per heavy atom. The number of carboxylic acids is 1. The van der Waals surface area contributed by atoms with Crippen LogP contribution >= 0.6 is 0 Å². The highest BCUT2D eigenvalue weighted by Crippen LogP contribution is 2.50. The van der Waals surface area contributed by atoms with Gasteiger partial charge in [-0.05, 0) is 48.4 Å². The third kappa shape index (κ3) is 5.95. The summed E-state index contributed by atoms with van der Waals surface area (Å²) in [6.45, 7) is 3.20. The lowest BCUT2D eigenvalue weighted by molar-refractivity contribution is -0.139. The Bertz CT molecular complexity index is 1400. The SMILES string of the molecule is CC(C)(CC(=O)O)C(=C=O)N1C2CC2CC(NS(C)(=O)=O)C1Cc1cccc(-c2cc(F)cc(F)c2)c1F. The minimum atomic E-state index is -3.69. The van der Waals surface area contributed by atoms with E-state index in [9.17, 15) is 31.9 Å². The maximum Gasteiger partial charge on any atom is 0.304 e. The van der Waals surface area contributed by atoms with Crippen molar-refractivity contribution in [2.75, 3.05) is 6.26 Å². The van der Waals surface area contributed by atoms with Gasteiger partial charge in [-0.25, -0.2) is 31.1 Å². The molecule has 11 heteroatoms. The molecule has 1 aliphatic carbocycles. The molecule has 4 unspecified atom stereocenters. The van der Waals surface area contributed by atoms with Gasteiger partial charge in [0, 0.05) is 29.1 Å². The zero-order valence-corrected chi connectivity index (χ0v) is 22.0. The second kappa shape index (κ2) is 10.2. The molecule has 1 aliphatic heterocycles. The Morgan fingerprint density at radius 3 is 2.39 bits per heavy atom. The number of benzene rings is 2. The Balaban J connectivity index is 1.79. The highest BCUT2D eigenvalue weighted by molar-refractivity contribution is 7.88. The topological polar surface area (TPSA) is 104 Å². The van der Waals surface area contributed by atoms with Crippen LogP contribution in [0.1, 0.15) is 38.7 Å². The maximum absolute atomic E-state index is 15.8. The number of rotatable bonds is 9. The van der Waals surface area contributed by atoms with Gasteiger partial charge >= 0.3 is 5.97 Å². The minimum Gasteiger partial charge on any atom is -0.481 e. The van der Waals surface area contributed by atoms with E-state index < -0.39 is 50.9 Å². The smallest absolute Gasteiger partial charge is 0.304 e. The number of hydrogen-bond donors (Lipinski definition) is 2. The number of nitrogens with one attached hydrogen (secondary N) is 1. The van der Waals surface area contributed by atoms with Crippen molar-refractivity contribution in [3.8, 4) is 11.1 Å². The lowest BCUT2D eigenvalue weighted by Gasteiger charge is -2.46. The Morgan fingerprint density at radius 2 is 1.82 bits per heavy atom. The zero-order valence-electron chi connectivity index (χ0n) is 21.2. The van der Waals surface area contributed by atoms with Crippen molar-refractivity contribution < 1.29 is 36.3 Å². The van der Waals surface area contributed by atoms with Crippen LogP contribution in [0.4, 0.5) is 13.2 Å². The lowest BCUT2D eigenvalue weighted by Crippen LogP contribution is -2.57.